The lowest BCUT2D eigenvalue weighted by Gasteiger charge is -1.93. The fourth-order valence-corrected chi connectivity index (χ4v) is 3.25. The van der Waals surface area contributed by atoms with Crippen molar-refractivity contribution in [3.05, 3.63) is 39.2 Å². The third-order valence-corrected chi connectivity index (χ3v) is 4.59. The van der Waals surface area contributed by atoms with Crippen LogP contribution in [0.25, 0.3) is 16.8 Å². The zero-order chi connectivity index (χ0) is 15.5. The van der Waals surface area contributed by atoms with Crippen molar-refractivity contribution >= 4 is 40.7 Å². The molecule has 0 aliphatic rings. The van der Waals surface area contributed by atoms with Crippen LogP contribution in [-0.4, -0.2) is 21.1 Å². The van der Waals surface area contributed by atoms with Gasteiger partial charge in [0.1, 0.15) is 4.88 Å². The average Bonchev–Trinajstić information content (AvgIpc) is 3.18. The minimum absolute atomic E-state index is 0.0706. The van der Waals surface area contributed by atoms with Crippen LogP contribution in [0.2, 0.25) is 0 Å². The number of carbonyl (C=O) groups excluding carboxylic acids is 1. The standard InChI is InChI=1S/C14H12N4O2S2/c1-8-12(22-9(2)15-8)13-17-18-14(20-13)16-11(19)6-5-10-4-3-7-21-10/h3-7H,1-2H3,(H,16,18,19). The molecule has 3 aromatic rings. The topological polar surface area (TPSA) is 80.9 Å². The summed E-state index contributed by atoms with van der Waals surface area (Å²) in [6.07, 6.45) is 3.16. The number of aryl methyl sites for hydroxylation is 2. The molecule has 0 atom stereocenters. The van der Waals surface area contributed by atoms with Crippen LogP contribution in [0.1, 0.15) is 15.6 Å². The molecule has 0 spiro atoms. The lowest BCUT2D eigenvalue weighted by molar-refractivity contribution is -0.112. The SMILES string of the molecule is Cc1nc(C)c(-c2nnc(NC(=O)C=Cc3cccs3)o2)s1. The van der Waals surface area contributed by atoms with Crippen molar-refractivity contribution in [2.75, 3.05) is 5.32 Å². The third kappa shape index (κ3) is 3.29. The summed E-state index contributed by atoms with van der Waals surface area (Å²) in [4.78, 5) is 17.9. The van der Waals surface area contributed by atoms with Crippen LogP contribution in [0.4, 0.5) is 6.01 Å². The molecule has 1 N–H and O–H groups in total. The largest absolute Gasteiger partial charge is 0.402 e. The monoisotopic (exact) mass is 332 g/mol. The van der Waals surface area contributed by atoms with E-state index >= 15 is 0 Å². The number of nitrogens with one attached hydrogen (secondary N) is 1. The minimum Gasteiger partial charge on any atom is -0.402 e. The summed E-state index contributed by atoms with van der Waals surface area (Å²) in [5.41, 5.74) is 0.835. The fraction of sp³-hybridized carbons (Fsp3) is 0.143. The molecule has 0 aromatic carbocycles. The van der Waals surface area contributed by atoms with Crippen LogP contribution in [0.5, 0.6) is 0 Å². The Morgan fingerprint density at radius 2 is 2.23 bits per heavy atom. The zero-order valence-corrected chi connectivity index (χ0v) is 13.5. The zero-order valence-electron chi connectivity index (χ0n) is 11.9. The number of carbonyl (C=O) groups is 1. The van der Waals surface area contributed by atoms with Gasteiger partial charge in [-0.25, -0.2) is 4.98 Å². The maximum Gasteiger partial charge on any atom is 0.322 e. The molecule has 0 saturated carbocycles. The Labute approximate surface area is 134 Å². The summed E-state index contributed by atoms with van der Waals surface area (Å²) in [7, 11) is 0. The Morgan fingerprint density at radius 1 is 1.36 bits per heavy atom. The highest BCUT2D eigenvalue weighted by Crippen LogP contribution is 2.29. The van der Waals surface area contributed by atoms with E-state index in [-0.39, 0.29) is 11.9 Å². The van der Waals surface area contributed by atoms with Gasteiger partial charge in [0.2, 0.25) is 0 Å². The van der Waals surface area contributed by atoms with E-state index in [1.807, 2.05) is 31.4 Å². The van der Waals surface area contributed by atoms with Crippen molar-refractivity contribution in [3.8, 4) is 10.8 Å². The first kappa shape index (κ1) is 14.6. The smallest absolute Gasteiger partial charge is 0.322 e. The van der Waals surface area contributed by atoms with Crippen LogP contribution >= 0.6 is 22.7 Å². The first-order valence-corrected chi connectivity index (χ1v) is 8.12. The van der Waals surface area contributed by atoms with Gasteiger partial charge in [-0.1, -0.05) is 11.2 Å². The van der Waals surface area contributed by atoms with Crippen LogP contribution in [0, 0.1) is 13.8 Å². The summed E-state index contributed by atoms with van der Waals surface area (Å²) < 4.78 is 5.46. The van der Waals surface area contributed by atoms with Gasteiger partial charge in [0.05, 0.1) is 10.7 Å². The van der Waals surface area contributed by atoms with Gasteiger partial charge in [0.25, 0.3) is 11.8 Å². The lowest BCUT2D eigenvalue weighted by atomic mass is 10.4. The number of hydrogen-bond donors (Lipinski definition) is 1. The molecule has 0 fully saturated rings. The van der Waals surface area contributed by atoms with E-state index in [9.17, 15) is 4.79 Å². The van der Waals surface area contributed by atoms with Gasteiger partial charge in [-0.15, -0.1) is 27.8 Å². The lowest BCUT2D eigenvalue weighted by Crippen LogP contribution is -2.07. The van der Waals surface area contributed by atoms with Crippen LogP contribution in [-0.2, 0) is 4.79 Å². The van der Waals surface area contributed by atoms with Gasteiger partial charge in [0, 0.05) is 11.0 Å². The molecule has 0 unspecified atom stereocenters. The molecular formula is C14H12N4O2S2. The van der Waals surface area contributed by atoms with Gasteiger partial charge < -0.3 is 4.42 Å². The highest BCUT2D eigenvalue weighted by atomic mass is 32.1. The number of thiophene rings is 1. The number of amides is 1. The molecule has 0 aliphatic carbocycles. The van der Waals surface area contributed by atoms with Crippen LogP contribution < -0.4 is 5.32 Å². The van der Waals surface area contributed by atoms with E-state index in [4.69, 9.17) is 4.42 Å². The second-order valence-electron chi connectivity index (χ2n) is 4.40. The van der Waals surface area contributed by atoms with E-state index in [1.165, 1.54) is 17.4 Å². The van der Waals surface area contributed by atoms with Crippen LogP contribution in [0.15, 0.2) is 28.0 Å². The van der Waals surface area contributed by atoms with Crippen molar-refractivity contribution in [2.24, 2.45) is 0 Å². The summed E-state index contributed by atoms with van der Waals surface area (Å²) in [6.45, 7) is 3.79. The highest BCUT2D eigenvalue weighted by Gasteiger charge is 2.15. The number of nitrogens with zero attached hydrogens (tertiary/aromatic N) is 3. The number of rotatable bonds is 4. The van der Waals surface area contributed by atoms with Crippen molar-refractivity contribution in [1.29, 1.82) is 0 Å². The van der Waals surface area contributed by atoms with Crippen molar-refractivity contribution < 1.29 is 9.21 Å². The van der Waals surface area contributed by atoms with Gasteiger partial charge in [-0.2, -0.15) is 0 Å². The molecular weight excluding hydrogens is 320 g/mol. The van der Waals surface area contributed by atoms with E-state index in [0.717, 1.165) is 20.5 Å². The predicted molar refractivity (Wildman–Crippen MR) is 86.9 cm³/mol. The maximum absolute atomic E-state index is 11.8. The van der Waals surface area contributed by atoms with Gasteiger partial charge in [-0.05, 0) is 31.4 Å². The molecule has 112 valence electrons. The fourth-order valence-electron chi connectivity index (χ4n) is 1.79. The van der Waals surface area contributed by atoms with Gasteiger partial charge in [0.15, 0.2) is 0 Å². The van der Waals surface area contributed by atoms with Crippen molar-refractivity contribution in [2.45, 2.75) is 13.8 Å². The summed E-state index contributed by atoms with van der Waals surface area (Å²) in [5, 5.41) is 13.2. The second-order valence-corrected chi connectivity index (χ2v) is 6.58. The van der Waals surface area contributed by atoms with E-state index in [0.29, 0.717) is 5.89 Å². The van der Waals surface area contributed by atoms with Crippen LogP contribution in [0.3, 0.4) is 0 Å². The first-order chi connectivity index (χ1) is 10.6. The van der Waals surface area contributed by atoms with Gasteiger partial charge >= 0.3 is 6.01 Å². The van der Waals surface area contributed by atoms with E-state index in [1.54, 1.807) is 17.4 Å². The van der Waals surface area contributed by atoms with E-state index in [2.05, 4.69) is 20.5 Å². The van der Waals surface area contributed by atoms with Crippen molar-refractivity contribution in [3.63, 3.8) is 0 Å². The Bertz CT molecular complexity index is 818. The Kier molecular flexibility index (Phi) is 4.12. The average molecular weight is 332 g/mol. The third-order valence-electron chi connectivity index (χ3n) is 2.70. The highest BCUT2D eigenvalue weighted by molar-refractivity contribution is 7.15. The Hall–Kier alpha value is -2.32. The van der Waals surface area contributed by atoms with Crippen molar-refractivity contribution in [1.82, 2.24) is 15.2 Å². The second kappa shape index (κ2) is 6.20. The molecule has 0 saturated heterocycles. The first-order valence-electron chi connectivity index (χ1n) is 6.42. The van der Waals surface area contributed by atoms with E-state index < -0.39 is 0 Å². The quantitative estimate of drug-likeness (QED) is 0.739. The molecule has 22 heavy (non-hydrogen) atoms. The molecule has 0 radical (unpaired) electrons. The summed E-state index contributed by atoms with van der Waals surface area (Å²) in [6, 6.07) is 3.92. The van der Waals surface area contributed by atoms with Gasteiger partial charge in [-0.3, -0.25) is 10.1 Å². The number of hydrogen-bond acceptors (Lipinski definition) is 7. The number of aromatic nitrogens is 3. The summed E-state index contributed by atoms with van der Waals surface area (Å²) >= 11 is 3.03. The normalized spacial score (nSPS) is 11.2. The molecule has 3 rings (SSSR count). The number of thiazole rings is 1. The molecule has 1 amide bonds. The molecule has 3 aromatic heterocycles. The number of anilines is 1. The molecule has 8 heteroatoms. The Morgan fingerprint density at radius 3 is 2.91 bits per heavy atom. The maximum atomic E-state index is 11.8. The molecule has 0 aliphatic heterocycles. The molecule has 3 heterocycles. The Balaban J connectivity index is 1.69. The molecule has 6 nitrogen and oxygen atoms in total. The predicted octanol–water partition coefficient (Wildman–Crippen LogP) is 3.52. The minimum atomic E-state index is -0.319. The summed E-state index contributed by atoms with van der Waals surface area (Å²) in [5.74, 6) is 0.0430. The molecule has 0 bridgehead atoms.